The Morgan fingerprint density at radius 2 is 1.64 bits per heavy atom. The van der Waals surface area contributed by atoms with Crippen molar-refractivity contribution in [1.82, 2.24) is 0 Å². The van der Waals surface area contributed by atoms with E-state index in [0.717, 1.165) is 11.3 Å². The van der Waals surface area contributed by atoms with E-state index in [0.29, 0.717) is 12.8 Å². The first-order valence-corrected chi connectivity index (χ1v) is 7.32. The summed E-state index contributed by atoms with van der Waals surface area (Å²) in [5.74, 6) is -1.08. The number of carbonyl (C=O) groups is 2. The highest BCUT2D eigenvalue weighted by molar-refractivity contribution is 6.11. The molecule has 0 fully saturated rings. The monoisotopic (exact) mass is 293 g/mol. The minimum Gasteiger partial charge on any atom is -0.480 e. The lowest BCUT2D eigenvalue weighted by atomic mass is 9.79. The van der Waals surface area contributed by atoms with Crippen LogP contribution in [0, 0.1) is 0 Å². The third-order valence-corrected chi connectivity index (χ3v) is 4.76. The van der Waals surface area contributed by atoms with Crippen LogP contribution < -0.4 is 4.90 Å². The molecule has 0 saturated carbocycles. The number of carboxylic acid groups (broad SMARTS) is 1. The topological polar surface area (TPSA) is 57.6 Å². The van der Waals surface area contributed by atoms with Crippen LogP contribution in [0.1, 0.15) is 16.7 Å². The number of hydrogen-bond acceptors (Lipinski definition) is 2. The molecule has 1 spiro atoms. The van der Waals surface area contributed by atoms with E-state index in [4.69, 9.17) is 5.11 Å². The van der Waals surface area contributed by atoms with E-state index in [9.17, 15) is 9.59 Å². The number of carbonyl (C=O) groups excluding carboxylic acids is 1. The molecular formula is C18H15NO3. The first-order valence-electron chi connectivity index (χ1n) is 7.32. The largest absolute Gasteiger partial charge is 0.480 e. The Hall–Kier alpha value is -2.62. The molecule has 2 aromatic carbocycles. The lowest BCUT2D eigenvalue weighted by Gasteiger charge is -2.22. The molecule has 0 aromatic heterocycles. The number of nitrogens with zero attached hydrogens (tertiary/aromatic N) is 1. The smallest absolute Gasteiger partial charge is 0.323 e. The van der Waals surface area contributed by atoms with E-state index in [1.165, 1.54) is 16.0 Å². The summed E-state index contributed by atoms with van der Waals surface area (Å²) >= 11 is 0. The maximum atomic E-state index is 13.1. The first kappa shape index (κ1) is 13.1. The Morgan fingerprint density at radius 3 is 2.27 bits per heavy atom. The van der Waals surface area contributed by atoms with Gasteiger partial charge >= 0.3 is 5.97 Å². The molecular weight excluding hydrogens is 278 g/mol. The Labute approximate surface area is 128 Å². The van der Waals surface area contributed by atoms with Crippen LogP contribution in [-0.2, 0) is 27.8 Å². The molecule has 1 amide bonds. The van der Waals surface area contributed by atoms with Crippen LogP contribution in [0.5, 0.6) is 0 Å². The van der Waals surface area contributed by atoms with E-state index in [-0.39, 0.29) is 12.5 Å². The Kier molecular flexibility index (Phi) is 2.64. The Balaban J connectivity index is 1.85. The number of rotatable bonds is 2. The molecule has 1 aliphatic carbocycles. The fourth-order valence-electron chi connectivity index (χ4n) is 3.85. The molecule has 0 atom stereocenters. The van der Waals surface area contributed by atoms with Gasteiger partial charge in [-0.3, -0.25) is 9.59 Å². The number of amides is 1. The maximum Gasteiger partial charge on any atom is 0.323 e. The van der Waals surface area contributed by atoms with E-state index in [1.54, 1.807) is 0 Å². The second-order valence-corrected chi connectivity index (χ2v) is 6.01. The molecule has 2 aliphatic rings. The van der Waals surface area contributed by atoms with Gasteiger partial charge in [0.1, 0.15) is 6.54 Å². The van der Waals surface area contributed by atoms with Crippen LogP contribution in [-0.4, -0.2) is 23.5 Å². The van der Waals surface area contributed by atoms with Crippen LogP contribution in [0.15, 0.2) is 48.5 Å². The van der Waals surface area contributed by atoms with Gasteiger partial charge in [0.25, 0.3) is 0 Å². The standard InChI is InChI=1S/C18H15NO3/c20-16(21)11-19-15-8-4-3-7-14(15)18(17(19)22)9-12-5-1-2-6-13(12)10-18/h1-8H,9-11H2,(H,20,21). The summed E-state index contributed by atoms with van der Waals surface area (Å²) in [6.45, 7) is -0.284. The highest BCUT2D eigenvalue weighted by Crippen LogP contribution is 2.49. The van der Waals surface area contributed by atoms with Crippen molar-refractivity contribution in [3.8, 4) is 0 Å². The van der Waals surface area contributed by atoms with Gasteiger partial charge in [-0.15, -0.1) is 0 Å². The summed E-state index contributed by atoms with van der Waals surface area (Å²) in [4.78, 5) is 25.6. The zero-order valence-corrected chi connectivity index (χ0v) is 12.0. The molecule has 0 bridgehead atoms. The van der Waals surface area contributed by atoms with Crippen molar-refractivity contribution >= 4 is 17.6 Å². The summed E-state index contributed by atoms with van der Waals surface area (Å²) in [6, 6.07) is 15.6. The van der Waals surface area contributed by atoms with Crippen LogP contribution in [0.2, 0.25) is 0 Å². The number of para-hydroxylation sites is 1. The third-order valence-electron chi connectivity index (χ3n) is 4.76. The van der Waals surface area contributed by atoms with Gasteiger partial charge < -0.3 is 10.0 Å². The van der Waals surface area contributed by atoms with Gasteiger partial charge in [0, 0.05) is 5.69 Å². The van der Waals surface area contributed by atoms with Crippen molar-refractivity contribution in [2.24, 2.45) is 0 Å². The summed E-state index contributed by atoms with van der Waals surface area (Å²) in [6.07, 6.45) is 1.30. The summed E-state index contributed by atoms with van der Waals surface area (Å²) < 4.78 is 0. The second-order valence-electron chi connectivity index (χ2n) is 6.01. The molecule has 2 aromatic rings. The molecule has 0 radical (unpaired) electrons. The van der Waals surface area contributed by atoms with Crippen LogP contribution in [0.4, 0.5) is 5.69 Å². The molecule has 1 N–H and O–H groups in total. The number of hydrogen-bond donors (Lipinski definition) is 1. The predicted octanol–water partition coefficient (Wildman–Crippen LogP) is 2.15. The minimum atomic E-state index is -0.990. The molecule has 4 nitrogen and oxygen atoms in total. The number of benzene rings is 2. The number of anilines is 1. The average molecular weight is 293 g/mol. The van der Waals surface area contributed by atoms with E-state index in [1.807, 2.05) is 36.4 Å². The van der Waals surface area contributed by atoms with Gasteiger partial charge in [-0.1, -0.05) is 42.5 Å². The fraction of sp³-hybridized carbons (Fsp3) is 0.222. The van der Waals surface area contributed by atoms with Gasteiger partial charge in [-0.05, 0) is 35.6 Å². The molecule has 110 valence electrons. The SMILES string of the molecule is O=C(O)CN1C(=O)C2(Cc3ccccc3C2)c2ccccc21. The Bertz CT molecular complexity index is 771. The van der Waals surface area contributed by atoms with Crippen LogP contribution >= 0.6 is 0 Å². The van der Waals surface area contributed by atoms with Crippen LogP contribution in [0.25, 0.3) is 0 Å². The predicted molar refractivity (Wildman–Crippen MR) is 82.0 cm³/mol. The molecule has 0 saturated heterocycles. The normalized spacial score (nSPS) is 17.6. The summed E-state index contributed by atoms with van der Waals surface area (Å²) in [7, 11) is 0. The van der Waals surface area contributed by atoms with Gasteiger partial charge in [-0.2, -0.15) is 0 Å². The molecule has 4 heteroatoms. The minimum absolute atomic E-state index is 0.0905. The van der Waals surface area contributed by atoms with Crippen molar-refractivity contribution in [1.29, 1.82) is 0 Å². The number of carboxylic acids is 1. The highest BCUT2D eigenvalue weighted by Gasteiger charge is 2.53. The van der Waals surface area contributed by atoms with Gasteiger partial charge in [0.2, 0.25) is 5.91 Å². The van der Waals surface area contributed by atoms with Gasteiger partial charge in [-0.25, -0.2) is 0 Å². The molecule has 1 heterocycles. The van der Waals surface area contributed by atoms with Crippen molar-refractivity contribution in [3.63, 3.8) is 0 Å². The van der Waals surface area contributed by atoms with Crippen LogP contribution in [0.3, 0.4) is 0 Å². The molecule has 4 rings (SSSR count). The second kappa shape index (κ2) is 4.44. The zero-order chi connectivity index (χ0) is 15.3. The summed E-state index contributed by atoms with van der Waals surface area (Å²) in [5.41, 5.74) is 3.43. The van der Waals surface area contributed by atoms with Crippen molar-refractivity contribution in [2.75, 3.05) is 11.4 Å². The maximum absolute atomic E-state index is 13.1. The molecule has 22 heavy (non-hydrogen) atoms. The van der Waals surface area contributed by atoms with Crippen molar-refractivity contribution < 1.29 is 14.7 Å². The van der Waals surface area contributed by atoms with E-state index in [2.05, 4.69) is 12.1 Å². The van der Waals surface area contributed by atoms with Gasteiger partial charge in [0.05, 0.1) is 5.41 Å². The quantitative estimate of drug-likeness (QED) is 0.923. The lowest BCUT2D eigenvalue weighted by Crippen LogP contribution is -2.43. The Morgan fingerprint density at radius 1 is 1.05 bits per heavy atom. The van der Waals surface area contributed by atoms with E-state index < -0.39 is 11.4 Å². The first-order chi connectivity index (χ1) is 10.6. The lowest BCUT2D eigenvalue weighted by molar-refractivity contribution is -0.137. The summed E-state index contributed by atoms with van der Waals surface area (Å²) in [5, 5.41) is 9.13. The zero-order valence-electron chi connectivity index (χ0n) is 12.0. The third kappa shape index (κ3) is 1.64. The van der Waals surface area contributed by atoms with Crippen molar-refractivity contribution in [2.45, 2.75) is 18.3 Å². The number of aliphatic carboxylic acids is 1. The molecule has 0 unspecified atom stereocenters. The van der Waals surface area contributed by atoms with Gasteiger partial charge in [0.15, 0.2) is 0 Å². The fourth-order valence-corrected chi connectivity index (χ4v) is 3.85. The number of fused-ring (bicyclic) bond motifs is 3. The van der Waals surface area contributed by atoms with Crippen molar-refractivity contribution in [3.05, 3.63) is 65.2 Å². The molecule has 1 aliphatic heterocycles. The highest BCUT2D eigenvalue weighted by atomic mass is 16.4. The van der Waals surface area contributed by atoms with E-state index >= 15 is 0 Å². The average Bonchev–Trinajstić information content (AvgIpc) is 3.00.